The van der Waals surface area contributed by atoms with Crippen LogP contribution in [-0.2, 0) is 24.0 Å². The van der Waals surface area contributed by atoms with E-state index in [4.69, 9.17) is 33.0 Å². The number of allylic oxidation sites excluding steroid dienone is 2. The molecule has 6 atom stereocenters. The Morgan fingerprint density at radius 1 is 0.957 bits per heavy atom. The predicted molar refractivity (Wildman–Crippen MR) is 150 cm³/mol. The van der Waals surface area contributed by atoms with E-state index in [0.29, 0.717) is 0 Å². The van der Waals surface area contributed by atoms with E-state index in [-0.39, 0.29) is 28.2 Å². The maximum absolute atomic E-state index is 15.1. The van der Waals surface area contributed by atoms with Gasteiger partial charge in [-0.25, -0.2) is 26.9 Å². The van der Waals surface area contributed by atoms with Crippen molar-refractivity contribution in [3.05, 3.63) is 64.5 Å². The Morgan fingerprint density at radius 3 is 2.17 bits per heavy atom. The van der Waals surface area contributed by atoms with Crippen LogP contribution < -0.4 is 9.64 Å². The number of carbonyl (C=O) groups is 5. The van der Waals surface area contributed by atoms with Gasteiger partial charge in [0.1, 0.15) is 5.69 Å². The number of alkyl halides is 2. The van der Waals surface area contributed by atoms with Crippen LogP contribution in [-0.4, -0.2) is 68.1 Å². The van der Waals surface area contributed by atoms with Crippen molar-refractivity contribution >= 4 is 58.5 Å². The van der Waals surface area contributed by atoms with Crippen molar-refractivity contribution in [3.63, 3.8) is 0 Å². The highest BCUT2D eigenvalue weighted by atomic mass is 35.5. The third kappa shape index (κ3) is 4.17. The fourth-order valence-corrected chi connectivity index (χ4v) is 8.27. The summed E-state index contributed by atoms with van der Waals surface area (Å²) in [6.45, 7) is -0.473. The predicted octanol–water partition coefficient (Wildman–Crippen LogP) is 4.13. The zero-order valence-corrected chi connectivity index (χ0v) is 25.3. The minimum Gasteiger partial charge on any atom is -0.504 e. The molecule has 2 aliphatic carbocycles. The van der Waals surface area contributed by atoms with Crippen molar-refractivity contribution in [2.75, 3.05) is 18.6 Å². The Hall–Kier alpha value is -4.24. The number of para-hydroxylation sites is 1. The Balaban J connectivity index is 1.58. The van der Waals surface area contributed by atoms with Gasteiger partial charge in [0.25, 0.3) is 11.8 Å². The summed E-state index contributed by atoms with van der Waals surface area (Å²) >= 11 is 14.0. The number of benzene rings is 2. The monoisotopic (exact) mass is 702 g/mol. The molecule has 6 rings (SSSR count). The van der Waals surface area contributed by atoms with Crippen molar-refractivity contribution < 1.29 is 60.9 Å². The molecule has 2 aromatic carbocycles. The largest absolute Gasteiger partial charge is 0.504 e. The third-order valence-corrected chi connectivity index (χ3v) is 10.8. The first-order valence-electron chi connectivity index (χ1n) is 14.0. The summed E-state index contributed by atoms with van der Waals surface area (Å²) in [4.78, 5) is 61.4. The van der Waals surface area contributed by atoms with E-state index in [0.717, 1.165) is 4.90 Å². The van der Waals surface area contributed by atoms with Gasteiger partial charge in [-0.05, 0) is 24.8 Å². The molecule has 2 saturated heterocycles. The summed E-state index contributed by atoms with van der Waals surface area (Å²) in [6, 6.07) is 3.95. The minimum absolute atomic E-state index is 0.114. The van der Waals surface area contributed by atoms with Crippen LogP contribution in [0.1, 0.15) is 30.7 Å². The molecule has 3 fully saturated rings. The van der Waals surface area contributed by atoms with Gasteiger partial charge in [-0.15, -0.1) is 23.2 Å². The lowest BCUT2D eigenvalue weighted by atomic mass is 9.56. The van der Waals surface area contributed by atoms with Crippen molar-refractivity contribution in [1.82, 2.24) is 4.90 Å². The average molecular weight is 703 g/mol. The van der Waals surface area contributed by atoms with Gasteiger partial charge in [-0.3, -0.25) is 28.9 Å². The number of carboxylic acids is 1. The second-order valence-electron chi connectivity index (χ2n) is 11.6. The van der Waals surface area contributed by atoms with Gasteiger partial charge in [-0.1, -0.05) is 23.8 Å². The summed E-state index contributed by atoms with van der Waals surface area (Å²) in [5.41, 5.74) is -2.03. The lowest BCUT2D eigenvalue weighted by Gasteiger charge is -2.50. The topological polar surface area (TPSA) is 142 Å². The smallest absolute Gasteiger partial charge is 0.305 e. The van der Waals surface area contributed by atoms with E-state index in [1.165, 1.54) is 31.4 Å². The van der Waals surface area contributed by atoms with E-state index in [2.05, 4.69) is 0 Å². The molecule has 1 saturated carbocycles. The maximum atomic E-state index is 15.1. The van der Waals surface area contributed by atoms with Gasteiger partial charge in [-0.2, -0.15) is 0 Å². The number of fused-ring (bicyclic) bond motifs is 4. The van der Waals surface area contributed by atoms with E-state index in [9.17, 15) is 42.3 Å². The molecule has 248 valence electrons. The highest BCUT2D eigenvalue weighted by molar-refractivity contribution is 6.58. The number of rotatable bonds is 6. The number of nitrogens with zero attached hydrogens (tertiary/aromatic N) is 2. The molecule has 2 aromatic rings. The maximum Gasteiger partial charge on any atom is 0.305 e. The molecule has 0 aromatic heterocycles. The standard InChI is InChI=1S/C30H21Cl2F5N2O8/c1-47-14-4-2-3-12(24(14)42)17-10-5-6-11-16(26(44)38(25(11)43)8-7-15(40)41)13(10)9-29(31)27(45)39(28(46)30(17,29)32)23-21(36)19(34)18(33)20(35)22(23)37/h2-5,11,13,16-17,42H,6-9H2,1H3,(H,40,41). The summed E-state index contributed by atoms with van der Waals surface area (Å²) in [5.74, 6) is -24.7. The Morgan fingerprint density at radius 2 is 1.57 bits per heavy atom. The van der Waals surface area contributed by atoms with Crippen LogP contribution >= 0.6 is 23.2 Å². The summed E-state index contributed by atoms with van der Waals surface area (Å²) < 4.78 is 78.0. The number of anilines is 1. The Kier molecular flexibility index (Phi) is 7.59. The second kappa shape index (κ2) is 10.9. The lowest BCUT2D eigenvalue weighted by molar-refractivity contribution is -0.142. The molecule has 0 bridgehead atoms. The number of phenols is 1. The van der Waals surface area contributed by atoms with Crippen LogP contribution in [0, 0.1) is 46.8 Å². The molecule has 6 unspecified atom stereocenters. The number of phenolic OH excluding ortho intramolecular Hbond substituents is 1. The molecular weight excluding hydrogens is 682 g/mol. The first-order valence-corrected chi connectivity index (χ1v) is 14.7. The van der Waals surface area contributed by atoms with Gasteiger partial charge in [0.15, 0.2) is 44.5 Å². The van der Waals surface area contributed by atoms with Crippen molar-refractivity contribution in [1.29, 1.82) is 0 Å². The van der Waals surface area contributed by atoms with Crippen molar-refractivity contribution in [2.45, 2.75) is 34.9 Å². The first-order chi connectivity index (χ1) is 22.0. The van der Waals surface area contributed by atoms with E-state index in [1.54, 1.807) is 0 Å². The van der Waals surface area contributed by atoms with E-state index in [1.807, 2.05) is 0 Å². The number of imide groups is 2. The first kappa shape index (κ1) is 32.7. The Labute approximate surface area is 271 Å². The highest BCUT2D eigenvalue weighted by Gasteiger charge is 2.77. The third-order valence-electron chi connectivity index (χ3n) is 9.42. The van der Waals surface area contributed by atoms with Crippen LogP contribution in [0.25, 0.3) is 0 Å². The summed E-state index contributed by atoms with van der Waals surface area (Å²) in [7, 11) is 1.19. The molecular formula is C30H21Cl2F5N2O8. The number of aliphatic carboxylic acids is 1. The van der Waals surface area contributed by atoms with E-state index >= 15 is 8.78 Å². The number of halogens is 7. The number of carbonyl (C=O) groups excluding carboxylic acids is 4. The van der Waals surface area contributed by atoms with Crippen LogP contribution in [0.3, 0.4) is 0 Å². The Bertz CT molecular complexity index is 1830. The molecule has 2 N–H and O–H groups in total. The number of likely N-dealkylation sites (tertiary alicyclic amines) is 1. The van der Waals surface area contributed by atoms with E-state index < -0.39 is 123 Å². The van der Waals surface area contributed by atoms with Gasteiger partial charge in [0.05, 0.1) is 25.4 Å². The highest BCUT2D eigenvalue weighted by Crippen LogP contribution is 2.67. The second-order valence-corrected chi connectivity index (χ2v) is 12.8. The number of carboxylic acid groups (broad SMARTS) is 1. The van der Waals surface area contributed by atoms with Crippen molar-refractivity contribution in [2.24, 2.45) is 17.8 Å². The molecule has 0 spiro atoms. The number of methoxy groups -OCH3 is 1. The molecule has 2 aliphatic heterocycles. The number of amides is 4. The molecule has 2 heterocycles. The van der Waals surface area contributed by atoms with Crippen LogP contribution in [0.15, 0.2) is 29.8 Å². The fourth-order valence-electron chi connectivity index (χ4n) is 7.34. The molecule has 17 heteroatoms. The van der Waals surface area contributed by atoms with Crippen LogP contribution in [0.5, 0.6) is 11.5 Å². The van der Waals surface area contributed by atoms with Crippen molar-refractivity contribution in [3.8, 4) is 11.5 Å². The van der Waals surface area contributed by atoms with Gasteiger partial charge in [0.2, 0.25) is 17.6 Å². The van der Waals surface area contributed by atoms with Gasteiger partial charge < -0.3 is 14.9 Å². The molecule has 10 nitrogen and oxygen atoms in total. The molecule has 4 aliphatic rings. The number of ether oxygens (including phenoxy) is 1. The normalized spacial score (nSPS) is 29.9. The molecule has 4 amide bonds. The van der Waals surface area contributed by atoms with Gasteiger partial charge in [0, 0.05) is 18.0 Å². The SMILES string of the molecule is COc1cccc(C2C3=CCC4C(=O)N(CCC(=O)O)C(=O)C4C3CC3(Cl)C(=O)N(c4c(F)c(F)c(F)c(F)c4F)C(=O)C23Cl)c1O. The zero-order valence-electron chi connectivity index (χ0n) is 23.8. The van der Waals surface area contributed by atoms with Crippen LogP contribution in [0.4, 0.5) is 27.6 Å². The molecule has 47 heavy (non-hydrogen) atoms. The number of hydrogen-bond donors (Lipinski definition) is 2. The van der Waals surface area contributed by atoms with Gasteiger partial charge >= 0.3 is 5.97 Å². The van der Waals surface area contributed by atoms with Crippen LogP contribution in [0.2, 0.25) is 0 Å². The summed E-state index contributed by atoms with van der Waals surface area (Å²) in [5, 5.41) is 20.3. The average Bonchev–Trinajstić information content (AvgIpc) is 3.36. The molecule has 0 radical (unpaired) electrons. The zero-order chi connectivity index (χ0) is 34.5. The summed E-state index contributed by atoms with van der Waals surface area (Å²) in [6.07, 6.45) is -0.0108. The quantitative estimate of drug-likeness (QED) is 0.114. The number of aromatic hydroxyl groups is 1. The fraction of sp³-hybridized carbons (Fsp3) is 0.367. The minimum atomic E-state index is -2.82. The number of hydrogen-bond acceptors (Lipinski definition) is 7. The lowest BCUT2D eigenvalue weighted by Crippen LogP contribution is -2.60.